The number of carbonyl (C=O) groups is 1. The van der Waals surface area contributed by atoms with Crippen LogP contribution in [0.15, 0.2) is 41.3 Å². The first-order chi connectivity index (χ1) is 13.8. The zero-order valence-electron chi connectivity index (χ0n) is 15.7. The van der Waals surface area contributed by atoms with Crippen LogP contribution in [0.25, 0.3) is 0 Å². The summed E-state index contributed by atoms with van der Waals surface area (Å²) in [4.78, 5) is 12.3. The number of nitrogen functional groups attached to an aromatic ring is 1. The molecule has 2 aromatic carbocycles. The van der Waals surface area contributed by atoms with Crippen molar-refractivity contribution < 1.29 is 22.9 Å². The minimum Gasteiger partial charge on any atom is -0.423 e. The van der Waals surface area contributed by atoms with Gasteiger partial charge in [-0.2, -0.15) is 0 Å². The fourth-order valence-electron chi connectivity index (χ4n) is 3.49. The molecule has 0 radical (unpaired) electrons. The van der Waals surface area contributed by atoms with Crippen molar-refractivity contribution >= 4 is 39.9 Å². The van der Waals surface area contributed by atoms with Crippen molar-refractivity contribution in [2.45, 2.75) is 43.2 Å². The van der Waals surface area contributed by atoms with Crippen LogP contribution in [0.3, 0.4) is 0 Å². The number of rotatable bonds is 6. The number of hydrogen-bond donors (Lipinski definition) is 4. The smallest absolute Gasteiger partial charge is 0.423 e. The molecule has 0 spiro atoms. The van der Waals surface area contributed by atoms with E-state index in [1.54, 1.807) is 18.2 Å². The number of sulfonamides is 1. The molecule has 0 unspecified atom stereocenters. The minimum atomic E-state index is -3.97. The highest BCUT2D eigenvalue weighted by Gasteiger charge is 2.28. The van der Waals surface area contributed by atoms with Gasteiger partial charge < -0.3 is 20.7 Å². The number of nitrogens with one attached hydrogen (secondary N) is 2. The fourth-order valence-corrected chi connectivity index (χ4v) is 4.76. The van der Waals surface area contributed by atoms with Gasteiger partial charge in [0.25, 0.3) is 10.0 Å². The van der Waals surface area contributed by atoms with Crippen molar-refractivity contribution in [3.05, 3.63) is 47.5 Å². The summed E-state index contributed by atoms with van der Waals surface area (Å²) < 4.78 is 33.7. The van der Waals surface area contributed by atoms with E-state index in [-0.39, 0.29) is 29.9 Å². The van der Waals surface area contributed by atoms with E-state index in [9.17, 15) is 18.2 Å². The lowest BCUT2D eigenvalue weighted by atomic mass is 9.79. The van der Waals surface area contributed by atoms with Gasteiger partial charge >= 0.3 is 7.12 Å². The zero-order valence-corrected chi connectivity index (χ0v) is 16.5. The Labute approximate surface area is 169 Å². The van der Waals surface area contributed by atoms with E-state index < -0.39 is 17.1 Å². The van der Waals surface area contributed by atoms with E-state index in [4.69, 9.17) is 10.4 Å². The summed E-state index contributed by atoms with van der Waals surface area (Å²) in [5.74, 6) is -0.227. The largest absolute Gasteiger partial charge is 0.491 e. The van der Waals surface area contributed by atoms with Crippen LogP contribution in [0.4, 0.5) is 11.4 Å². The SMILES string of the molecule is Nc1ccc(S(=O)(=O)Nc2ccc3c(c2)B(O)OC3)c(CC(=O)NC2CCC2)c1. The molecular weight excluding hydrogens is 393 g/mol. The van der Waals surface area contributed by atoms with Gasteiger partial charge in [-0.25, -0.2) is 8.42 Å². The van der Waals surface area contributed by atoms with Gasteiger partial charge in [-0.05, 0) is 66.2 Å². The average molecular weight is 415 g/mol. The van der Waals surface area contributed by atoms with Gasteiger partial charge in [0.15, 0.2) is 0 Å². The Morgan fingerprint density at radius 1 is 1.24 bits per heavy atom. The standard InChI is InChI=1S/C19H22BN3O5S/c21-14-5-7-18(13(8-14)9-19(24)22-15-2-1-3-15)29(26,27)23-16-6-4-12-11-28-20(25)17(12)10-16/h4-8,10,15,23,25H,1-3,9,11,21H2,(H,22,24). The quantitative estimate of drug-likeness (QED) is 0.402. The number of fused-ring (bicyclic) bond motifs is 1. The topological polar surface area (TPSA) is 131 Å². The van der Waals surface area contributed by atoms with Gasteiger partial charge in [-0.1, -0.05) is 6.07 Å². The molecule has 0 bridgehead atoms. The fraction of sp³-hybridized carbons (Fsp3) is 0.316. The van der Waals surface area contributed by atoms with E-state index >= 15 is 0 Å². The number of nitrogens with two attached hydrogens (primary N) is 1. The van der Waals surface area contributed by atoms with Crippen LogP contribution in [0.5, 0.6) is 0 Å². The van der Waals surface area contributed by atoms with Gasteiger partial charge in [0, 0.05) is 17.4 Å². The first-order valence-electron chi connectivity index (χ1n) is 9.45. The Kier molecular flexibility index (Phi) is 5.24. The van der Waals surface area contributed by atoms with Crippen LogP contribution in [-0.4, -0.2) is 32.5 Å². The van der Waals surface area contributed by atoms with Crippen LogP contribution >= 0.6 is 0 Å². The number of amides is 1. The van der Waals surface area contributed by atoms with Crippen LogP contribution in [0, 0.1) is 0 Å². The molecule has 1 aliphatic heterocycles. The summed E-state index contributed by atoms with van der Waals surface area (Å²) >= 11 is 0. The maximum absolute atomic E-state index is 13.0. The lowest BCUT2D eigenvalue weighted by Gasteiger charge is -2.26. The second-order valence-corrected chi connectivity index (χ2v) is 9.07. The van der Waals surface area contributed by atoms with Crippen molar-refractivity contribution in [1.82, 2.24) is 5.32 Å². The van der Waals surface area contributed by atoms with E-state index in [0.29, 0.717) is 22.4 Å². The molecule has 0 aromatic heterocycles. The molecule has 0 atom stereocenters. The molecule has 10 heteroatoms. The number of benzene rings is 2. The van der Waals surface area contributed by atoms with Crippen molar-refractivity contribution in [1.29, 1.82) is 0 Å². The van der Waals surface area contributed by atoms with Crippen LogP contribution in [0.2, 0.25) is 0 Å². The highest BCUT2D eigenvalue weighted by atomic mass is 32.2. The summed E-state index contributed by atoms with van der Waals surface area (Å²) in [6.45, 7) is 0.280. The average Bonchev–Trinajstić information content (AvgIpc) is 2.98. The monoisotopic (exact) mass is 415 g/mol. The Balaban J connectivity index is 1.57. The van der Waals surface area contributed by atoms with E-state index in [0.717, 1.165) is 24.8 Å². The van der Waals surface area contributed by atoms with Crippen molar-refractivity contribution in [2.24, 2.45) is 0 Å². The maximum Gasteiger partial charge on any atom is 0.491 e. The van der Waals surface area contributed by atoms with Gasteiger partial charge in [0.05, 0.1) is 17.9 Å². The molecule has 1 saturated carbocycles. The van der Waals surface area contributed by atoms with Crippen LogP contribution in [-0.2, 0) is 32.5 Å². The Hall–Kier alpha value is -2.56. The molecule has 2 aliphatic rings. The third-order valence-corrected chi connectivity index (χ3v) is 6.74. The Bertz CT molecular complexity index is 1060. The summed E-state index contributed by atoms with van der Waals surface area (Å²) in [5, 5.41) is 12.7. The third kappa shape index (κ3) is 4.24. The van der Waals surface area contributed by atoms with E-state index in [2.05, 4.69) is 10.0 Å². The number of hydrogen-bond acceptors (Lipinski definition) is 6. The van der Waals surface area contributed by atoms with Crippen molar-refractivity contribution in [3.8, 4) is 0 Å². The molecule has 1 fully saturated rings. The summed E-state index contributed by atoms with van der Waals surface area (Å²) in [7, 11) is -5.04. The third-order valence-electron chi connectivity index (χ3n) is 5.26. The predicted octanol–water partition coefficient (Wildman–Crippen LogP) is 0.498. The molecule has 0 saturated heterocycles. The molecular formula is C19H22BN3O5S. The summed E-state index contributed by atoms with van der Waals surface area (Å²) in [5.41, 5.74) is 8.18. The molecule has 2 aromatic rings. The highest BCUT2D eigenvalue weighted by molar-refractivity contribution is 7.92. The van der Waals surface area contributed by atoms with E-state index in [1.165, 1.54) is 18.2 Å². The van der Waals surface area contributed by atoms with Gasteiger partial charge in [0.2, 0.25) is 5.91 Å². The molecule has 1 heterocycles. The minimum absolute atomic E-state index is 0.00671. The molecule has 1 aliphatic carbocycles. The number of anilines is 2. The predicted molar refractivity (Wildman–Crippen MR) is 110 cm³/mol. The highest BCUT2D eigenvalue weighted by Crippen LogP contribution is 2.24. The lowest BCUT2D eigenvalue weighted by molar-refractivity contribution is -0.121. The van der Waals surface area contributed by atoms with Crippen molar-refractivity contribution in [3.63, 3.8) is 0 Å². The first-order valence-corrected chi connectivity index (χ1v) is 10.9. The molecule has 4 rings (SSSR count). The molecule has 5 N–H and O–H groups in total. The van der Waals surface area contributed by atoms with Gasteiger partial charge in [-0.3, -0.25) is 9.52 Å². The Morgan fingerprint density at radius 3 is 2.76 bits per heavy atom. The second-order valence-electron chi connectivity index (χ2n) is 7.42. The second kappa shape index (κ2) is 7.70. The zero-order chi connectivity index (χ0) is 20.6. The van der Waals surface area contributed by atoms with E-state index in [1.807, 2.05) is 0 Å². The maximum atomic E-state index is 13.0. The normalized spacial score (nSPS) is 16.2. The molecule has 8 nitrogen and oxygen atoms in total. The van der Waals surface area contributed by atoms with Crippen LogP contribution in [0.1, 0.15) is 30.4 Å². The van der Waals surface area contributed by atoms with Gasteiger partial charge in [-0.15, -0.1) is 0 Å². The molecule has 29 heavy (non-hydrogen) atoms. The van der Waals surface area contributed by atoms with Crippen LogP contribution < -0.4 is 21.2 Å². The van der Waals surface area contributed by atoms with Gasteiger partial charge in [0.1, 0.15) is 0 Å². The summed E-state index contributed by atoms with van der Waals surface area (Å²) in [6.07, 6.45) is 2.91. The first kappa shape index (κ1) is 19.7. The molecule has 1 amide bonds. The Morgan fingerprint density at radius 2 is 2.03 bits per heavy atom. The number of carbonyl (C=O) groups excluding carboxylic acids is 1. The van der Waals surface area contributed by atoms with Crippen molar-refractivity contribution in [2.75, 3.05) is 10.5 Å². The lowest BCUT2D eigenvalue weighted by Crippen LogP contribution is -2.40. The summed E-state index contributed by atoms with van der Waals surface area (Å²) in [6, 6.07) is 9.43. The molecule has 152 valence electrons.